The van der Waals surface area contributed by atoms with Crippen molar-refractivity contribution in [2.45, 2.75) is 39.8 Å². The molecule has 0 aliphatic carbocycles. The molecule has 0 fully saturated rings. The maximum absolute atomic E-state index is 4.54. The SMILES string of the molecule is CCn1nc(C)c(Br)c1CC(NC)c1cnc(C)s1. The first-order valence-corrected chi connectivity index (χ1v) is 7.99. The minimum absolute atomic E-state index is 0.281. The number of nitrogens with one attached hydrogen (secondary N) is 1. The molecule has 0 bridgehead atoms. The fourth-order valence-electron chi connectivity index (χ4n) is 2.14. The van der Waals surface area contributed by atoms with Crippen LogP contribution in [-0.2, 0) is 13.0 Å². The van der Waals surface area contributed by atoms with Crippen LogP contribution in [-0.4, -0.2) is 21.8 Å². The van der Waals surface area contributed by atoms with Crippen molar-refractivity contribution in [2.75, 3.05) is 7.05 Å². The van der Waals surface area contributed by atoms with Crippen molar-refractivity contribution in [3.63, 3.8) is 0 Å². The van der Waals surface area contributed by atoms with Crippen molar-refractivity contribution in [1.82, 2.24) is 20.1 Å². The van der Waals surface area contributed by atoms with Gasteiger partial charge in [0, 0.05) is 30.1 Å². The molecule has 2 heterocycles. The van der Waals surface area contributed by atoms with Gasteiger partial charge in [-0.25, -0.2) is 4.98 Å². The third kappa shape index (κ3) is 3.07. The smallest absolute Gasteiger partial charge is 0.0897 e. The zero-order valence-corrected chi connectivity index (χ0v) is 14.1. The van der Waals surface area contributed by atoms with Crippen molar-refractivity contribution < 1.29 is 0 Å². The fourth-order valence-corrected chi connectivity index (χ4v) is 3.48. The lowest BCUT2D eigenvalue weighted by atomic mass is 10.1. The highest BCUT2D eigenvalue weighted by molar-refractivity contribution is 9.10. The molecular weight excluding hydrogens is 324 g/mol. The molecule has 0 spiro atoms. The van der Waals surface area contributed by atoms with Gasteiger partial charge in [0.2, 0.25) is 0 Å². The second-order valence-corrected chi connectivity index (χ2v) is 6.55. The summed E-state index contributed by atoms with van der Waals surface area (Å²) < 4.78 is 3.19. The largest absolute Gasteiger partial charge is 0.312 e. The highest BCUT2D eigenvalue weighted by Gasteiger charge is 2.19. The van der Waals surface area contributed by atoms with Gasteiger partial charge in [0.15, 0.2) is 0 Å². The van der Waals surface area contributed by atoms with E-state index in [0.717, 1.165) is 28.1 Å². The summed E-state index contributed by atoms with van der Waals surface area (Å²) in [5.41, 5.74) is 2.29. The highest BCUT2D eigenvalue weighted by Crippen LogP contribution is 2.28. The Bertz CT molecular complexity index is 561. The average molecular weight is 343 g/mol. The molecule has 0 saturated heterocycles. The van der Waals surface area contributed by atoms with Crippen molar-refractivity contribution >= 4 is 27.3 Å². The lowest BCUT2D eigenvalue weighted by molar-refractivity contribution is 0.545. The van der Waals surface area contributed by atoms with E-state index in [1.54, 1.807) is 11.3 Å². The first-order valence-electron chi connectivity index (χ1n) is 6.38. The zero-order valence-electron chi connectivity index (χ0n) is 11.7. The van der Waals surface area contributed by atoms with Crippen LogP contribution in [0.4, 0.5) is 0 Å². The Kier molecular flexibility index (Phi) is 4.76. The van der Waals surface area contributed by atoms with Crippen LogP contribution in [0.1, 0.15) is 34.2 Å². The third-order valence-electron chi connectivity index (χ3n) is 3.18. The second-order valence-electron chi connectivity index (χ2n) is 4.49. The molecule has 0 saturated carbocycles. The molecule has 2 rings (SSSR count). The molecule has 104 valence electrons. The van der Waals surface area contributed by atoms with Gasteiger partial charge in [-0.2, -0.15) is 5.10 Å². The maximum Gasteiger partial charge on any atom is 0.0897 e. The molecule has 0 aliphatic rings. The Morgan fingerprint density at radius 1 is 1.47 bits per heavy atom. The number of hydrogen-bond acceptors (Lipinski definition) is 4. The van der Waals surface area contributed by atoms with Gasteiger partial charge in [-0.1, -0.05) is 0 Å². The predicted molar refractivity (Wildman–Crippen MR) is 82.7 cm³/mol. The van der Waals surface area contributed by atoms with Crippen LogP contribution < -0.4 is 5.32 Å². The van der Waals surface area contributed by atoms with E-state index in [1.165, 1.54) is 10.6 Å². The summed E-state index contributed by atoms with van der Waals surface area (Å²) in [4.78, 5) is 5.61. The van der Waals surface area contributed by atoms with Crippen LogP contribution in [0.15, 0.2) is 10.7 Å². The first-order chi connectivity index (χ1) is 9.06. The molecule has 2 aromatic rings. The monoisotopic (exact) mass is 342 g/mol. The van der Waals surface area contributed by atoms with E-state index in [1.807, 2.05) is 27.1 Å². The van der Waals surface area contributed by atoms with Gasteiger partial charge < -0.3 is 5.32 Å². The van der Waals surface area contributed by atoms with Crippen LogP contribution in [0.3, 0.4) is 0 Å². The zero-order chi connectivity index (χ0) is 14.0. The highest BCUT2D eigenvalue weighted by atomic mass is 79.9. The van der Waals surface area contributed by atoms with Crippen molar-refractivity contribution in [3.05, 3.63) is 31.9 Å². The lowest BCUT2D eigenvalue weighted by Gasteiger charge is -2.15. The predicted octanol–water partition coefficient (Wildman–Crippen LogP) is 3.24. The normalized spacial score (nSPS) is 12.9. The molecule has 0 radical (unpaired) electrons. The summed E-state index contributed by atoms with van der Waals surface area (Å²) >= 11 is 5.40. The van der Waals surface area contributed by atoms with Crippen molar-refractivity contribution in [3.8, 4) is 0 Å². The van der Waals surface area contributed by atoms with Gasteiger partial charge in [0.25, 0.3) is 0 Å². The average Bonchev–Trinajstić information content (AvgIpc) is 2.93. The minimum Gasteiger partial charge on any atom is -0.312 e. The van der Waals surface area contributed by atoms with E-state index >= 15 is 0 Å². The summed E-state index contributed by atoms with van der Waals surface area (Å²) in [6.07, 6.45) is 2.88. The van der Waals surface area contributed by atoms with E-state index in [9.17, 15) is 0 Å². The molecule has 0 aromatic carbocycles. The number of aryl methyl sites for hydroxylation is 3. The Labute approximate surface area is 126 Å². The molecule has 19 heavy (non-hydrogen) atoms. The maximum atomic E-state index is 4.54. The van der Waals surface area contributed by atoms with E-state index < -0.39 is 0 Å². The second kappa shape index (κ2) is 6.15. The first kappa shape index (κ1) is 14.7. The molecule has 2 aromatic heterocycles. The van der Waals surface area contributed by atoms with Gasteiger partial charge >= 0.3 is 0 Å². The molecule has 1 atom stereocenters. The quantitative estimate of drug-likeness (QED) is 0.906. The Hall–Kier alpha value is -0.720. The summed E-state index contributed by atoms with van der Waals surface area (Å²) in [6, 6.07) is 0.281. The summed E-state index contributed by atoms with van der Waals surface area (Å²) in [5, 5.41) is 9.03. The standard InChI is InChI=1S/C13H19BrN4S/c1-5-18-11(13(14)8(2)17-18)6-10(15-4)12-7-16-9(3)19-12/h7,10,15H,5-6H2,1-4H3. The fraction of sp³-hybridized carbons (Fsp3) is 0.538. The molecule has 0 amide bonds. The van der Waals surface area contributed by atoms with Gasteiger partial charge in [0.05, 0.1) is 20.9 Å². The Morgan fingerprint density at radius 3 is 2.74 bits per heavy atom. The Balaban J connectivity index is 2.28. The van der Waals surface area contributed by atoms with E-state index in [2.05, 4.69) is 42.9 Å². The van der Waals surface area contributed by atoms with Gasteiger partial charge in [-0.3, -0.25) is 4.68 Å². The summed E-state index contributed by atoms with van der Waals surface area (Å²) in [7, 11) is 1.99. The summed E-state index contributed by atoms with van der Waals surface area (Å²) in [5.74, 6) is 0. The molecule has 0 aliphatic heterocycles. The van der Waals surface area contributed by atoms with Crippen molar-refractivity contribution in [1.29, 1.82) is 0 Å². The number of nitrogens with zero attached hydrogens (tertiary/aromatic N) is 3. The van der Waals surface area contributed by atoms with Crippen LogP contribution in [0, 0.1) is 13.8 Å². The minimum atomic E-state index is 0.281. The van der Waals surface area contributed by atoms with Gasteiger partial charge in [-0.05, 0) is 43.7 Å². The van der Waals surface area contributed by atoms with Crippen LogP contribution >= 0.6 is 27.3 Å². The van der Waals surface area contributed by atoms with Crippen molar-refractivity contribution in [2.24, 2.45) is 0 Å². The van der Waals surface area contributed by atoms with Gasteiger partial charge in [-0.15, -0.1) is 11.3 Å². The number of rotatable bonds is 5. The van der Waals surface area contributed by atoms with E-state index in [4.69, 9.17) is 0 Å². The molecule has 1 unspecified atom stereocenters. The molecular formula is C13H19BrN4S. The Morgan fingerprint density at radius 2 is 2.21 bits per heavy atom. The van der Waals surface area contributed by atoms with E-state index in [-0.39, 0.29) is 6.04 Å². The topological polar surface area (TPSA) is 42.7 Å². The molecule has 1 N–H and O–H groups in total. The number of halogens is 1. The number of aromatic nitrogens is 3. The van der Waals surface area contributed by atoms with E-state index in [0.29, 0.717) is 0 Å². The third-order valence-corrected chi connectivity index (χ3v) is 5.24. The van der Waals surface area contributed by atoms with Crippen LogP contribution in [0.25, 0.3) is 0 Å². The number of hydrogen-bond donors (Lipinski definition) is 1. The van der Waals surface area contributed by atoms with Crippen LogP contribution in [0.2, 0.25) is 0 Å². The lowest BCUT2D eigenvalue weighted by Crippen LogP contribution is -2.19. The molecule has 4 nitrogen and oxygen atoms in total. The number of likely N-dealkylation sites (N-methyl/N-ethyl adjacent to an activating group) is 1. The number of thiazole rings is 1. The van der Waals surface area contributed by atoms with Crippen LogP contribution in [0.5, 0.6) is 0 Å². The van der Waals surface area contributed by atoms with Gasteiger partial charge in [0.1, 0.15) is 0 Å². The summed E-state index contributed by atoms with van der Waals surface area (Å²) in [6.45, 7) is 7.08. The molecule has 6 heteroatoms.